The third-order valence-corrected chi connectivity index (χ3v) is 6.31. The van der Waals surface area contributed by atoms with Crippen LogP contribution < -0.4 is 5.32 Å². The Hall–Kier alpha value is -4.52. The fourth-order valence-corrected chi connectivity index (χ4v) is 4.38. The van der Waals surface area contributed by atoms with Crippen molar-refractivity contribution in [3.63, 3.8) is 0 Å². The van der Waals surface area contributed by atoms with Crippen molar-refractivity contribution in [2.45, 2.75) is 12.8 Å². The molecule has 1 saturated heterocycles. The van der Waals surface area contributed by atoms with Crippen molar-refractivity contribution < 1.29 is 4.79 Å². The first kappa shape index (κ1) is 23.2. The van der Waals surface area contributed by atoms with Gasteiger partial charge < -0.3 is 14.6 Å². The predicted molar refractivity (Wildman–Crippen MR) is 145 cm³/mol. The van der Waals surface area contributed by atoms with Crippen LogP contribution in [-0.2, 0) is 0 Å². The molecule has 7 nitrogen and oxygen atoms in total. The molecule has 5 rings (SSSR count). The smallest absolute Gasteiger partial charge is 0.253 e. The number of carbonyl (C=O) groups excluding carboxylic acids is 1. The standard InChI is InChI=1S/C29H28N6O/c30-29(32-25-11-2-1-3-12-25)31-16-7-8-22-14-18-34(19-15-22)28(36)24-10-6-9-23(20-24)26-21-35-17-5-4-13-27(35)33-26/h1-13,16-17,20-22H,14-15,18-19H2,(H2,30,32)/b8-7+,31-16-. The maximum absolute atomic E-state index is 13.2. The van der Waals surface area contributed by atoms with Crippen LogP contribution in [0.3, 0.4) is 0 Å². The number of amides is 1. The van der Waals surface area contributed by atoms with Gasteiger partial charge in [-0.25, -0.2) is 9.98 Å². The summed E-state index contributed by atoms with van der Waals surface area (Å²) in [6.07, 6.45) is 11.4. The van der Waals surface area contributed by atoms with Crippen LogP contribution in [0.4, 0.5) is 5.69 Å². The summed E-state index contributed by atoms with van der Waals surface area (Å²) >= 11 is 0. The number of aromatic nitrogens is 2. The minimum atomic E-state index is 0.0602. The van der Waals surface area contributed by atoms with Gasteiger partial charge in [-0.1, -0.05) is 42.5 Å². The Labute approximate surface area is 210 Å². The molecule has 0 unspecified atom stereocenters. The second-order valence-electron chi connectivity index (χ2n) is 8.81. The molecule has 0 saturated carbocycles. The predicted octanol–water partition coefficient (Wildman–Crippen LogP) is 5.53. The van der Waals surface area contributed by atoms with Crippen LogP contribution in [0.25, 0.3) is 16.9 Å². The van der Waals surface area contributed by atoms with Gasteiger partial charge in [0.25, 0.3) is 5.91 Å². The van der Waals surface area contributed by atoms with Crippen LogP contribution in [0.15, 0.2) is 102 Å². The maximum Gasteiger partial charge on any atom is 0.253 e. The number of fused-ring (bicyclic) bond motifs is 1. The lowest BCUT2D eigenvalue weighted by Gasteiger charge is -2.30. The van der Waals surface area contributed by atoms with Gasteiger partial charge in [0.05, 0.1) is 5.69 Å². The van der Waals surface area contributed by atoms with Crippen LogP contribution in [0.5, 0.6) is 0 Å². The van der Waals surface area contributed by atoms with Crippen LogP contribution in [-0.4, -0.2) is 45.5 Å². The number of likely N-dealkylation sites (tertiary alicyclic amines) is 1. The van der Waals surface area contributed by atoms with E-state index in [1.165, 1.54) is 0 Å². The molecule has 1 aliphatic heterocycles. The molecule has 2 aromatic carbocycles. The highest BCUT2D eigenvalue weighted by Gasteiger charge is 2.22. The molecular weight excluding hydrogens is 448 g/mol. The highest BCUT2D eigenvalue weighted by Crippen LogP contribution is 2.23. The second-order valence-corrected chi connectivity index (χ2v) is 8.81. The summed E-state index contributed by atoms with van der Waals surface area (Å²) in [7, 11) is 0. The molecule has 4 aromatic rings. The molecule has 1 aliphatic rings. The maximum atomic E-state index is 13.2. The fraction of sp³-hybridized carbons (Fsp3) is 0.172. The summed E-state index contributed by atoms with van der Waals surface area (Å²) < 4.78 is 1.98. The minimum Gasteiger partial charge on any atom is -0.339 e. The van der Waals surface area contributed by atoms with E-state index in [0.717, 1.165) is 48.5 Å². The van der Waals surface area contributed by atoms with Crippen molar-refractivity contribution >= 4 is 29.4 Å². The molecule has 2 aromatic heterocycles. The summed E-state index contributed by atoms with van der Waals surface area (Å²) in [5.74, 6) is 0.545. The van der Waals surface area contributed by atoms with Crippen molar-refractivity contribution in [1.82, 2.24) is 14.3 Å². The molecular formula is C29H28N6O. The molecule has 1 amide bonds. The van der Waals surface area contributed by atoms with Gasteiger partial charge in [-0.15, -0.1) is 0 Å². The minimum absolute atomic E-state index is 0.0602. The lowest BCUT2D eigenvalue weighted by atomic mass is 9.95. The van der Waals surface area contributed by atoms with Crippen molar-refractivity contribution in [2.75, 3.05) is 18.4 Å². The van der Waals surface area contributed by atoms with E-state index in [9.17, 15) is 4.79 Å². The topological polar surface area (TPSA) is 85.9 Å². The zero-order chi connectivity index (χ0) is 24.7. The van der Waals surface area contributed by atoms with Gasteiger partial charge in [0.2, 0.25) is 5.96 Å². The average molecular weight is 477 g/mol. The van der Waals surface area contributed by atoms with E-state index in [1.807, 2.05) is 101 Å². The largest absolute Gasteiger partial charge is 0.339 e. The normalized spacial score (nSPS) is 14.6. The van der Waals surface area contributed by atoms with Gasteiger partial charge in [0.15, 0.2) is 0 Å². The number of guanidine groups is 1. The van der Waals surface area contributed by atoms with Gasteiger partial charge in [-0.3, -0.25) is 10.2 Å². The summed E-state index contributed by atoms with van der Waals surface area (Å²) in [4.78, 5) is 23.9. The molecule has 0 spiro atoms. The molecule has 7 heteroatoms. The molecule has 0 atom stereocenters. The quantitative estimate of drug-likeness (QED) is 0.293. The van der Waals surface area contributed by atoms with E-state index < -0.39 is 0 Å². The van der Waals surface area contributed by atoms with Gasteiger partial charge in [0, 0.05) is 48.5 Å². The van der Waals surface area contributed by atoms with E-state index in [2.05, 4.69) is 21.4 Å². The summed E-state index contributed by atoms with van der Waals surface area (Å²) in [6.45, 7) is 1.43. The summed E-state index contributed by atoms with van der Waals surface area (Å²) in [6, 6.07) is 23.2. The number of rotatable bonds is 5. The summed E-state index contributed by atoms with van der Waals surface area (Å²) in [5, 5.41) is 10.8. The molecule has 0 bridgehead atoms. The van der Waals surface area contributed by atoms with Gasteiger partial charge in [0.1, 0.15) is 5.65 Å². The van der Waals surface area contributed by atoms with Crippen LogP contribution in [0.1, 0.15) is 23.2 Å². The lowest BCUT2D eigenvalue weighted by molar-refractivity contribution is 0.0705. The Kier molecular flexibility index (Phi) is 6.98. The molecule has 2 N–H and O–H groups in total. The lowest BCUT2D eigenvalue weighted by Crippen LogP contribution is -2.38. The number of imidazole rings is 1. The highest BCUT2D eigenvalue weighted by molar-refractivity contribution is 5.98. The van der Waals surface area contributed by atoms with Crippen LogP contribution >= 0.6 is 0 Å². The Morgan fingerprint density at radius 1 is 1.03 bits per heavy atom. The van der Waals surface area contributed by atoms with Gasteiger partial charge in [-0.2, -0.15) is 0 Å². The number of hydrogen-bond donors (Lipinski definition) is 2. The average Bonchev–Trinajstić information content (AvgIpc) is 3.36. The second kappa shape index (κ2) is 10.8. The molecule has 180 valence electrons. The van der Waals surface area contributed by atoms with Crippen molar-refractivity contribution in [3.8, 4) is 11.3 Å². The van der Waals surface area contributed by atoms with E-state index in [-0.39, 0.29) is 11.9 Å². The van der Waals surface area contributed by atoms with E-state index in [0.29, 0.717) is 11.5 Å². The Bertz CT molecular complexity index is 1380. The first-order chi connectivity index (χ1) is 17.7. The molecule has 3 heterocycles. The Balaban J connectivity index is 1.14. The van der Waals surface area contributed by atoms with Crippen molar-refractivity contribution in [3.05, 3.63) is 103 Å². The van der Waals surface area contributed by atoms with Gasteiger partial charge in [-0.05, 0) is 61.2 Å². The number of benzene rings is 2. The van der Waals surface area contributed by atoms with Gasteiger partial charge >= 0.3 is 0 Å². The summed E-state index contributed by atoms with van der Waals surface area (Å²) in [5.41, 5.74) is 4.20. The molecule has 0 radical (unpaired) electrons. The van der Waals surface area contributed by atoms with E-state index in [1.54, 1.807) is 6.21 Å². The number of aliphatic imine (C=N–C) groups is 1. The zero-order valence-corrected chi connectivity index (χ0v) is 19.9. The number of carbonyl (C=O) groups is 1. The monoisotopic (exact) mass is 476 g/mol. The van der Waals surface area contributed by atoms with Crippen molar-refractivity contribution in [2.24, 2.45) is 10.9 Å². The number of hydrogen-bond acceptors (Lipinski definition) is 3. The number of pyridine rings is 1. The third-order valence-electron chi connectivity index (χ3n) is 6.31. The first-order valence-corrected chi connectivity index (χ1v) is 12.1. The van der Waals surface area contributed by atoms with Crippen molar-refractivity contribution in [1.29, 1.82) is 5.41 Å². The van der Waals surface area contributed by atoms with E-state index >= 15 is 0 Å². The van der Waals surface area contributed by atoms with Crippen LogP contribution in [0.2, 0.25) is 0 Å². The third kappa shape index (κ3) is 5.58. The van der Waals surface area contributed by atoms with E-state index in [4.69, 9.17) is 5.41 Å². The molecule has 36 heavy (non-hydrogen) atoms. The molecule has 0 aliphatic carbocycles. The number of nitrogens with one attached hydrogen (secondary N) is 2. The number of allylic oxidation sites excluding steroid dienone is 2. The number of anilines is 1. The molecule has 1 fully saturated rings. The fourth-order valence-electron chi connectivity index (χ4n) is 4.38. The SMILES string of the molecule is N=C(/N=C\C=C\C1CCN(C(=O)c2cccc(-c3cn4ccccc4n3)c2)CC1)Nc1ccccc1. The Morgan fingerprint density at radius 2 is 1.83 bits per heavy atom. The Morgan fingerprint density at radius 3 is 2.64 bits per heavy atom. The zero-order valence-electron chi connectivity index (χ0n) is 19.9. The highest BCUT2D eigenvalue weighted by atomic mass is 16.2. The van der Waals surface area contributed by atoms with Crippen LogP contribution in [0, 0.1) is 11.3 Å². The number of nitrogens with zero attached hydrogens (tertiary/aromatic N) is 4. The number of piperidine rings is 1. The number of para-hydroxylation sites is 1. The first-order valence-electron chi connectivity index (χ1n) is 12.1.